The lowest BCUT2D eigenvalue weighted by molar-refractivity contribution is -0.165. The first-order valence-electron chi connectivity index (χ1n) is 6.24. The van der Waals surface area contributed by atoms with Gasteiger partial charge in [0.05, 0.1) is 13.5 Å². The van der Waals surface area contributed by atoms with Crippen molar-refractivity contribution in [2.75, 3.05) is 7.11 Å². The number of carbonyl (C=O) groups is 3. The molecule has 0 bridgehead atoms. The van der Waals surface area contributed by atoms with Gasteiger partial charge < -0.3 is 30.9 Å². The van der Waals surface area contributed by atoms with E-state index in [1.807, 2.05) is 6.07 Å². The number of methoxy groups -OCH3 is 1. The fourth-order valence-corrected chi connectivity index (χ4v) is 1.25. The zero-order valence-electron chi connectivity index (χ0n) is 12.2. The maximum Gasteiger partial charge on any atom is 0.335 e. The third-order valence-corrected chi connectivity index (χ3v) is 2.53. The molecular formula is C13H18N2O8. The molecule has 3 unspecified atom stereocenters. The summed E-state index contributed by atoms with van der Waals surface area (Å²) in [7, 11) is 1.35. The number of pyridine rings is 1. The monoisotopic (exact) mass is 330 g/mol. The van der Waals surface area contributed by atoms with Crippen molar-refractivity contribution >= 4 is 17.9 Å². The SMILES string of the molecule is COC(=O)CC(N)c1cccnc1.O=C(O)C(O)C(O)C(=O)O. The first kappa shape index (κ1) is 20.4. The molecule has 0 spiro atoms. The quantitative estimate of drug-likeness (QED) is 0.386. The number of carbonyl (C=O) groups excluding carboxylic acids is 1. The molecule has 6 N–H and O–H groups in total. The van der Waals surface area contributed by atoms with Gasteiger partial charge in [0.25, 0.3) is 0 Å². The third-order valence-electron chi connectivity index (χ3n) is 2.53. The average molecular weight is 330 g/mol. The van der Waals surface area contributed by atoms with Gasteiger partial charge in [0.15, 0.2) is 12.2 Å². The van der Waals surface area contributed by atoms with Crippen LogP contribution in [0, 0.1) is 0 Å². The van der Waals surface area contributed by atoms with Gasteiger partial charge in [-0.1, -0.05) is 6.07 Å². The van der Waals surface area contributed by atoms with Crippen LogP contribution in [0.1, 0.15) is 18.0 Å². The van der Waals surface area contributed by atoms with Gasteiger partial charge in [0.1, 0.15) is 0 Å². The number of aromatic nitrogens is 1. The Bertz CT molecular complexity index is 504. The molecule has 0 aliphatic rings. The van der Waals surface area contributed by atoms with E-state index >= 15 is 0 Å². The molecule has 0 aromatic carbocycles. The van der Waals surface area contributed by atoms with E-state index in [1.165, 1.54) is 7.11 Å². The predicted octanol–water partition coefficient (Wildman–Crippen LogP) is -1.48. The molecule has 1 aromatic rings. The number of nitrogens with zero attached hydrogens (tertiary/aromatic N) is 1. The Morgan fingerprint density at radius 2 is 1.74 bits per heavy atom. The molecule has 0 radical (unpaired) electrons. The molecule has 0 saturated carbocycles. The molecule has 23 heavy (non-hydrogen) atoms. The summed E-state index contributed by atoms with van der Waals surface area (Å²) in [6, 6.07) is 3.29. The molecule has 1 rings (SSSR count). The summed E-state index contributed by atoms with van der Waals surface area (Å²) in [5.41, 5.74) is 6.57. The summed E-state index contributed by atoms with van der Waals surface area (Å²) < 4.78 is 4.50. The Morgan fingerprint density at radius 1 is 1.22 bits per heavy atom. The second kappa shape index (κ2) is 10.2. The molecule has 1 heterocycles. The number of hydrogen-bond acceptors (Lipinski definition) is 8. The lowest BCUT2D eigenvalue weighted by Gasteiger charge is -2.08. The van der Waals surface area contributed by atoms with E-state index in [9.17, 15) is 14.4 Å². The molecular weight excluding hydrogens is 312 g/mol. The van der Waals surface area contributed by atoms with E-state index < -0.39 is 24.1 Å². The molecule has 0 amide bonds. The first-order valence-corrected chi connectivity index (χ1v) is 6.24. The highest BCUT2D eigenvalue weighted by atomic mass is 16.5. The van der Waals surface area contributed by atoms with Crippen molar-refractivity contribution in [1.82, 2.24) is 4.98 Å². The maximum absolute atomic E-state index is 10.9. The molecule has 10 nitrogen and oxygen atoms in total. The number of nitrogens with two attached hydrogens (primary N) is 1. The van der Waals surface area contributed by atoms with Crippen LogP contribution in [0.3, 0.4) is 0 Å². The van der Waals surface area contributed by atoms with Crippen molar-refractivity contribution < 1.29 is 39.5 Å². The van der Waals surface area contributed by atoms with Crippen molar-refractivity contribution in [3.63, 3.8) is 0 Å². The Kier molecular flexibility index (Phi) is 9.08. The number of aliphatic carboxylic acids is 2. The fourth-order valence-electron chi connectivity index (χ4n) is 1.25. The highest BCUT2D eigenvalue weighted by molar-refractivity contribution is 5.83. The van der Waals surface area contributed by atoms with Crippen LogP contribution in [0.25, 0.3) is 0 Å². The fraction of sp³-hybridized carbons (Fsp3) is 0.385. The van der Waals surface area contributed by atoms with Crippen LogP contribution in [0.5, 0.6) is 0 Å². The second-order valence-corrected chi connectivity index (χ2v) is 4.24. The smallest absolute Gasteiger partial charge is 0.335 e. The van der Waals surface area contributed by atoms with Gasteiger partial charge in [-0.3, -0.25) is 9.78 Å². The Hall–Kier alpha value is -2.56. The van der Waals surface area contributed by atoms with Crippen molar-refractivity contribution in [2.45, 2.75) is 24.7 Å². The molecule has 3 atom stereocenters. The van der Waals surface area contributed by atoms with Crippen LogP contribution in [-0.4, -0.2) is 62.6 Å². The molecule has 1 aromatic heterocycles. The van der Waals surface area contributed by atoms with Crippen LogP contribution in [0.15, 0.2) is 24.5 Å². The van der Waals surface area contributed by atoms with E-state index in [1.54, 1.807) is 18.5 Å². The number of aliphatic hydroxyl groups is 2. The number of aliphatic hydroxyl groups excluding tert-OH is 2. The van der Waals surface area contributed by atoms with Gasteiger partial charge in [0, 0.05) is 18.4 Å². The zero-order chi connectivity index (χ0) is 18.0. The summed E-state index contributed by atoms with van der Waals surface area (Å²) in [6.45, 7) is 0. The minimum absolute atomic E-state index is 0.183. The Morgan fingerprint density at radius 3 is 2.09 bits per heavy atom. The minimum atomic E-state index is -2.27. The predicted molar refractivity (Wildman–Crippen MR) is 75.1 cm³/mol. The summed E-state index contributed by atoms with van der Waals surface area (Å²) >= 11 is 0. The van der Waals surface area contributed by atoms with E-state index in [2.05, 4.69) is 9.72 Å². The van der Waals surface area contributed by atoms with Gasteiger partial charge >= 0.3 is 17.9 Å². The molecule has 10 heteroatoms. The van der Waals surface area contributed by atoms with Crippen molar-refractivity contribution in [3.8, 4) is 0 Å². The summed E-state index contributed by atoms with van der Waals surface area (Å²) in [5.74, 6) is -3.85. The number of carboxylic acids is 2. The number of rotatable bonds is 6. The summed E-state index contributed by atoms with van der Waals surface area (Å²) in [4.78, 5) is 34.3. The van der Waals surface area contributed by atoms with E-state index in [4.69, 9.17) is 26.2 Å². The Balaban J connectivity index is 0.000000438. The highest BCUT2D eigenvalue weighted by Crippen LogP contribution is 2.12. The van der Waals surface area contributed by atoms with E-state index in [0.29, 0.717) is 0 Å². The van der Waals surface area contributed by atoms with Crippen LogP contribution in [0.2, 0.25) is 0 Å². The standard InChI is InChI=1S/C9H12N2O2.C4H6O6/c1-13-9(12)5-8(10)7-3-2-4-11-6-7;5-1(3(7)8)2(6)4(9)10/h2-4,6,8H,5,10H2,1H3;1-2,5-6H,(H,7,8)(H,9,10). The Labute approximate surface area is 131 Å². The summed E-state index contributed by atoms with van der Waals surface area (Å²) in [5, 5.41) is 32.5. The van der Waals surface area contributed by atoms with E-state index in [0.717, 1.165) is 5.56 Å². The topological polar surface area (TPSA) is 180 Å². The highest BCUT2D eigenvalue weighted by Gasteiger charge is 2.29. The van der Waals surface area contributed by atoms with Crippen LogP contribution in [0.4, 0.5) is 0 Å². The maximum atomic E-state index is 10.9. The van der Waals surface area contributed by atoms with Crippen molar-refractivity contribution in [2.24, 2.45) is 5.73 Å². The molecule has 0 fully saturated rings. The van der Waals surface area contributed by atoms with Crippen LogP contribution < -0.4 is 5.73 Å². The van der Waals surface area contributed by atoms with Gasteiger partial charge in [0.2, 0.25) is 0 Å². The molecule has 128 valence electrons. The normalized spacial score (nSPS) is 13.7. The van der Waals surface area contributed by atoms with Gasteiger partial charge in [-0.25, -0.2) is 9.59 Å². The second-order valence-electron chi connectivity index (χ2n) is 4.24. The lowest BCUT2D eigenvalue weighted by Crippen LogP contribution is -2.39. The van der Waals surface area contributed by atoms with Crippen LogP contribution >= 0.6 is 0 Å². The molecule has 0 aliphatic heterocycles. The van der Waals surface area contributed by atoms with Crippen molar-refractivity contribution in [3.05, 3.63) is 30.1 Å². The summed E-state index contributed by atoms with van der Waals surface area (Å²) in [6.07, 6.45) is -1.04. The van der Waals surface area contributed by atoms with Gasteiger partial charge in [-0.05, 0) is 11.6 Å². The average Bonchev–Trinajstić information content (AvgIpc) is 2.54. The van der Waals surface area contributed by atoms with Crippen molar-refractivity contribution in [1.29, 1.82) is 0 Å². The van der Waals surface area contributed by atoms with Gasteiger partial charge in [-0.2, -0.15) is 0 Å². The number of ether oxygens (including phenoxy) is 1. The largest absolute Gasteiger partial charge is 0.479 e. The zero-order valence-corrected chi connectivity index (χ0v) is 12.2. The lowest BCUT2D eigenvalue weighted by atomic mass is 10.1. The van der Waals surface area contributed by atoms with Crippen LogP contribution in [-0.2, 0) is 19.1 Å². The first-order chi connectivity index (χ1) is 10.7. The molecule has 0 aliphatic carbocycles. The third kappa shape index (κ3) is 7.85. The van der Waals surface area contributed by atoms with Gasteiger partial charge in [-0.15, -0.1) is 0 Å². The number of hydrogen-bond donors (Lipinski definition) is 5. The minimum Gasteiger partial charge on any atom is -0.479 e. The number of carboxylic acid groups (broad SMARTS) is 2. The van der Waals surface area contributed by atoms with E-state index in [-0.39, 0.29) is 18.4 Å². The molecule has 0 saturated heterocycles. The number of esters is 1.